The van der Waals surface area contributed by atoms with Crippen molar-refractivity contribution in [1.82, 2.24) is 0 Å². The molecule has 41 heavy (non-hydrogen) atoms. The smallest absolute Gasteiger partial charge is 0.312 e. The van der Waals surface area contributed by atoms with Crippen LogP contribution in [0.4, 0.5) is 0 Å². The first-order valence-electron chi connectivity index (χ1n) is 16.4. The van der Waals surface area contributed by atoms with Gasteiger partial charge in [0.15, 0.2) is 12.1 Å². The Balaban J connectivity index is 1.51. The average Bonchev–Trinajstić information content (AvgIpc) is 3.31. The third-order valence-electron chi connectivity index (χ3n) is 14.7. The summed E-state index contributed by atoms with van der Waals surface area (Å²) in [5.74, 6) is 1.40. The maximum absolute atomic E-state index is 13.6. The topological polar surface area (TPSA) is 86.7 Å². The van der Waals surface area contributed by atoms with E-state index >= 15 is 0 Å². The van der Waals surface area contributed by atoms with E-state index in [1.54, 1.807) is 0 Å². The maximum Gasteiger partial charge on any atom is 0.312 e. The zero-order valence-corrected chi connectivity index (χ0v) is 26.8. The Kier molecular flexibility index (Phi) is 7.63. The molecule has 0 aliphatic heterocycles. The highest BCUT2D eigenvalue weighted by atomic mass is 16.5. The van der Waals surface area contributed by atoms with Gasteiger partial charge in [0.2, 0.25) is 0 Å². The summed E-state index contributed by atoms with van der Waals surface area (Å²) in [5, 5.41) is 0. The fourth-order valence-electron chi connectivity index (χ4n) is 12.7. The standard InChI is InChI=1S/C35H54O6/c1-21(19-23(38)20-36)24-11-16-35(30(39)40-8)18-17-33(6)25(29(24)35)9-10-27-32(5)14-13-28(41-22(2)37)31(3,4)26(32)12-15-34(27,33)7/h20-21,24-29H,9-19H2,1-8H3/t21?,24-,25?,26?,27?,28-,29?,32-,33+,34+,35-/m0/s1. The second-order valence-electron chi connectivity index (χ2n) is 16.3. The van der Waals surface area contributed by atoms with Crippen LogP contribution in [0.2, 0.25) is 0 Å². The minimum atomic E-state index is -0.476. The number of hydrogen-bond acceptors (Lipinski definition) is 6. The van der Waals surface area contributed by atoms with Gasteiger partial charge in [-0.25, -0.2) is 0 Å². The zero-order valence-electron chi connectivity index (χ0n) is 26.8. The summed E-state index contributed by atoms with van der Waals surface area (Å²) in [6.07, 6.45) is 10.9. The van der Waals surface area contributed by atoms with Crippen molar-refractivity contribution in [2.45, 2.75) is 125 Å². The van der Waals surface area contributed by atoms with Gasteiger partial charge in [0.1, 0.15) is 6.10 Å². The van der Waals surface area contributed by atoms with Gasteiger partial charge in [-0.2, -0.15) is 0 Å². The molecule has 0 saturated heterocycles. The van der Waals surface area contributed by atoms with Gasteiger partial charge in [0.25, 0.3) is 0 Å². The third kappa shape index (κ3) is 4.22. The van der Waals surface area contributed by atoms with E-state index in [0.29, 0.717) is 24.0 Å². The van der Waals surface area contributed by atoms with Gasteiger partial charge in [-0.15, -0.1) is 0 Å². The summed E-state index contributed by atoms with van der Waals surface area (Å²) in [7, 11) is 1.53. The molecule has 0 spiro atoms. The molecule has 5 rings (SSSR count). The Hall–Kier alpha value is -1.72. The van der Waals surface area contributed by atoms with Gasteiger partial charge in [-0.1, -0.05) is 41.5 Å². The van der Waals surface area contributed by atoms with Crippen molar-refractivity contribution in [3.8, 4) is 0 Å². The third-order valence-corrected chi connectivity index (χ3v) is 14.7. The lowest BCUT2D eigenvalue weighted by atomic mass is 9.32. The highest BCUT2D eigenvalue weighted by Crippen LogP contribution is 2.77. The van der Waals surface area contributed by atoms with Crippen LogP contribution in [0, 0.1) is 62.6 Å². The first-order chi connectivity index (χ1) is 19.1. The summed E-state index contributed by atoms with van der Waals surface area (Å²) in [4.78, 5) is 49.0. The number of ether oxygens (including phenoxy) is 2. The van der Waals surface area contributed by atoms with E-state index < -0.39 is 5.41 Å². The first kappa shape index (κ1) is 30.7. The van der Waals surface area contributed by atoms with Gasteiger partial charge >= 0.3 is 11.9 Å². The number of Topliss-reactive ketones (excluding diaryl/α,β-unsaturated/α-hetero) is 1. The molecule has 0 aromatic rings. The van der Waals surface area contributed by atoms with Gasteiger partial charge < -0.3 is 9.47 Å². The predicted octanol–water partition coefficient (Wildman–Crippen LogP) is 6.97. The molecule has 0 N–H and O–H groups in total. The molecule has 0 amide bonds. The molecule has 0 bridgehead atoms. The number of ketones is 1. The van der Waals surface area contributed by atoms with E-state index in [1.807, 2.05) is 0 Å². The molecular formula is C35H54O6. The van der Waals surface area contributed by atoms with Gasteiger partial charge in [0.05, 0.1) is 12.5 Å². The fraction of sp³-hybridized carbons (Fsp3) is 0.886. The van der Waals surface area contributed by atoms with E-state index in [1.165, 1.54) is 14.0 Å². The van der Waals surface area contributed by atoms with E-state index in [9.17, 15) is 19.2 Å². The molecule has 5 fully saturated rings. The average molecular weight is 571 g/mol. The second-order valence-corrected chi connectivity index (χ2v) is 16.3. The number of hydrogen-bond donors (Lipinski definition) is 0. The van der Waals surface area contributed by atoms with Crippen molar-refractivity contribution >= 4 is 24.0 Å². The van der Waals surface area contributed by atoms with Crippen LogP contribution < -0.4 is 0 Å². The van der Waals surface area contributed by atoms with Gasteiger partial charge in [0, 0.05) is 18.8 Å². The number of carbonyl (C=O) groups is 4. The molecule has 0 aromatic carbocycles. The van der Waals surface area contributed by atoms with E-state index in [2.05, 4.69) is 41.5 Å². The largest absolute Gasteiger partial charge is 0.469 e. The Morgan fingerprint density at radius 1 is 0.854 bits per heavy atom. The van der Waals surface area contributed by atoms with Crippen molar-refractivity contribution in [2.75, 3.05) is 7.11 Å². The highest BCUT2D eigenvalue weighted by molar-refractivity contribution is 6.24. The molecule has 5 aliphatic carbocycles. The highest BCUT2D eigenvalue weighted by Gasteiger charge is 2.72. The van der Waals surface area contributed by atoms with Crippen molar-refractivity contribution in [3.63, 3.8) is 0 Å². The Morgan fingerprint density at radius 3 is 2.20 bits per heavy atom. The van der Waals surface area contributed by atoms with Crippen LogP contribution in [-0.4, -0.2) is 37.2 Å². The SMILES string of the molecule is COC(=O)[C@]12CC[C@@H](C(C)CC(=O)C=O)C1C1CCC3[C@@]4(C)CC[C@H](OC(C)=O)C(C)(C)C4CC[C@@]3(C)[C@]1(C)CC2. The van der Waals surface area contributed by atoms with Gasteiger partial charge in [-0.05, 0) is 116 Å². The molecule has 11 atom stereocenters. The quantitative estimate of drug-likeness (QED) is 0.195. The van der Waals surface area contributed by atoms with Crippen LogP contribution in [0.15, 0.2) is 0 Å². The molecule has 5 aliphatic rings. The lowest BCUT2D eigenvalue weighted by molar-refractivity contribution is -0.252. The molecule has 230 valence electrons. The van der Waals surface area contributed by atoms with Gasteiger partial charge in [-0.3, -0.25) is 19.2 Å². The first-order valence-corrected chi connectivity index (χ1v) is 16.4. The van der Waals surface area contributed by atoms with E-state index in [-0.39, 0.29) is 69.7 Å². The molecule has 0 heterocycles. The predicted molar refractivity (Wildman–Crippen MR) is 157 cm³/mol. The minimum Gasteiger partial charge on any atom is -0.469 e. The lowest BCUT2D eigenvalue weighted by Crippen LogP contribution is -2.67. The normalized spacial score (nSPS) is 47.0. The maximum atomic E-state index is 13.6. The van der Waals surface area contributed by atoms with Crippen LogP contribution in [0.1, 0.15) is 119 Å². The van der Waals surface area contributed by atoms with Crippen LogP contribution >= 0.6 is 0 Å². The molecule has 6 heteroatoms. The zero-order chi connectivity index (χ0) is 30.2. The summed E-state index contributed by atoms with van der Waals surface area (Å²) in [6, 6.07) is 0. The van der Waals surface area contributed by atoms with Crippen LogP contribution in [0.3, 0.4) is 0 Å². The lowest BCUT2D eigenvalue weighted by Gasteiger charge is -2.72. The number of rotatable bonds is 6. The molecule has 5 unspecified atom stereocenters. The van der Waals surface area contributed by atoms with E-state index in [0.717, 1.165) is 64.2 Å². The Labute approximate surface area is 247 Å². The number of carbonyl (C=O) groups excluding carboxylic acids is 4. The van der Waals surface area contributed by atoms with Crippen molar-refractivity contribution < 1.29 is 28.7 Å². The second kappa shape index (κ2) is 10.2. The van der Waals surface area contributed by atoms with Crippen LogP contribution in [0.25, 0.3) is 0 Å². The monoisotopic (exact) mass is 570 g/mol. The number of esters is 2. The minimum absolute atomic E-state index is 0.0282. The van der Waals surface area contributed by atoms with Crippen LogP contribution in [0.5, 0.6) is 0 Å². The Bertz CT molecular complexity index is 1100. The van der Waals surface area contributed by atoms with Crippen molar-refractivity contribution in [1.29, 1.82) is 0 Å². The summed E-state index contributed by atoms with van der Waals surface area (Å²) >= 11 is 0. The van der Waals surface area contributed by atoms with Crippen molar-refractivity contribution in [3.05, 3.63) is 0 Å². The number of fused-ring (bicyclic) bond motifs is 7. The number of methoxy groups -OCH3 is 1. The number of aldehydes is 1. The molecule has 5 saturated carbocycles. The molecule has 0 radical (unpaired) electrons. The fourth-order valence-corrected chi connectivity index (χ4v) is 12.7. The molecule has 6 nitrogen and oxygen atoms in total. The summed E-state index contributed by atoms with van der Waals surface area (Å²) < 4.78 is 11.4. The Morgan fingerprint density at radius 2 is 1.56 bits per heavy atom. The molecule has 0 aromatic heterocycles. The molecular weight excluding hydrogens is 516 g/mol. The summed E-state index contributed by atoms with van der Waals surface area (Å²) in [5.41, 5.74) is -0.141. The van der Waals surface area contributed by atoms with E-state index in [4.69, 9.17) is 9.47 Å². The summed E-state index contributed by atoms with van der Waals surface area (Å²) in [6.45, 7) is 16.0. The van der Waals surface area contributed by atoms with Crippen LogP contribution in [-0.2, 0) is 28.7 Å². The van der Waals surface area contributed by atoms with Crippen molar-refractivity contribution in [2.24, 2.45) is 62.6 Å².